The molecule has 2 heterocycles. The molecule has 0 aromatic carbocycles. The molecule has 0 saturated heterocycles. The zero-order valence-electron chi connectivity index (χ0n) is 12.2. The number of primary amides is 1. The molecule has 0 spiro atoms. The molecule has 110 valence electrons. The number of aromatic nitrogens is 2. The standard InChI is InChI=1S/C16H19N3O2/c1-8-5-9(2)10(6-8)12-7-13(20)14-11(19-12)3-4-18-15(14)16(17)21/h3-4,7-10H,5-6H2,1-2H3,(H2,17,21)(H,19,20). The number of nitrogens with two attached hydrogens (primary N) is 1. The maximum absolute atomic E-state index is 12.4. The first-order valence-corrected chi connectivity index (χ1v) is 7.29. The van der Waals surface area contributed by atoms with Gasteiger partial charge in [-0.25, -0.2) is 0 Å². The first kappa shape index (κ1) is 13.8. The summed E-state index contributed by atoms with van der Waals surface area (Å²) < 4.78 is 0. The number of H-pyrrole nitrogens is 1. The number of carbonyl (C=O) groups excluding carboxylic acids is 1. The van der Waals surface area contributed by atoms with Crippen molar-refractivity contribution in [3.8, 4) is 0 Å². The molecule has 1 saturated carbocycles. The second-order valence-corrected chi connectivity index (χ2v) is 6.20. The molecule has 5 nitrogen and oxygen atoms in total. The molecule has 1 amide bonds. The Morgan fingerprint density at radius 3 is 2.76 bits per heavy atom. The normalized spacial score (nSPS) is 25.3. The van der Waals surface area contributed by atoms with Gasteiger partial charge in [-0.05, 0) is 30.7 Å². The van der Waals surface area contributed by atoms with Crippen molar-refractivity contribution in [3.63, 3.8) is 0 Å². The van der Waals surface area contributed by atoms with Crippen LogP contribution in [0.4, 0.5) is 0 Å². The van der Waals surface area contributed by atoms with Gasteiger partial charge in [0.05, 0.1) is 10.9 Å². The Hall–Kier alpha value is -2.17. The highest BCUT2D eigenvalue weighted by Gasteiger charge is 2.31. The number of hydrogen-bond acceptors (Lipinski definition) is 3. The van der Waals surface area contributed by atoms with E-state index in [-0.39, 0.29) is 16.5 Å². The highest BCUT2D eigenvalue weighted by Crippen LogP contribution is 2.41. The Morgan fingerprint density at radius 1 is 1.38 bits per heavy atom. The molecule has 0 bridgehead atoms. The number of amides is 1. The zero-order valence-corrected chi connectivity index (χ0v) is 12.2. The molecule has 2 aromatic rings. The number of aromatic amines is 1. The number of nitrogens with one attached hydrogen (secondary N) is 1. The van der Waals surface area contributed by atoms with Crippen LogP contribution >= 0.6 is 0 Å². The van der Waals surface area contributed by atoms with Gasteiger partial charge in [0.1, 0.15) is 5.69 Å². The van der Waals surface area contributed by atoms with Crippen LogP contribution in [0.3, 0.4) is 0 Å². The van der Waals surface area contributed by atoms with Gasteiger partial charge < -0.3 is 10.7 Å². The van der Waals surface area contributed by atoms with Gasteiger partial charge in [0.15, 0.2) is 5.43 Å². The maximum atomic E-state index is 12.4. The largest absolute Gasteiger partial charge is 0.364 e. The minimum Gasteiger partial charge on any atom is -0.364 e. The molecule has 5 heteroatoms. The van der Waals surface area contributed by atoms with Crippen molar-refractivity contribution in [3.05, 3.63) is 39.9 Å². The molecule has 0 radical (unpaired) electrons. The summed E-state index contributed by atoms with van der Waals surface area (Å²) in [4.78, 5) is 31.0. The van der Waals surface area contributed by atoms with Crippen molar-refractivity contribution < 1.29 is 4.79 Å². The molecule has 2 aromatic heterocycles. The van der Waals surface area contributed by atoms with Crippen LogP contribution in [0.15, 0.2) is 23.1 Å². The lowest BCUT2D eigenvalue weighted by Crippen LogP contribution is -2.19. The third kappa shape index (κ3) is 2.33. The molecule has 1 aliphatic rings. The Balaban J connectivity index is 2.17. The molecule has 3 unspecified atom stereocenters. The number of rotatable bonds is 2. The Bertz CT molecular complexity index is 766. The zero-order chi connectivity index (χ0) is 15.1. The van der Waals surface area contributed by atoms with Gasteiger partial charge in [-0.1, -0.05) is 13.8 Å². The quantitative estimate of drug-likeness (QED) is 0.886. The van der Waals surface area contributed by atoms with Crippen molar-refractivity contribution in [2.24, 2.45) is 17.6 Å². The number of nitrogens with zero attached hydrogens (tertiary/aromatic N) is 1. The molecular weight excluding hydrogens is 266 g/mol. The summed E-state index contributed by atoms with van der Waals surface area (Å²) in [5, 5.41) is 0.285. The molecule has 1 aliphatic carbocycles. The van der Waals surface area contributed by atoms with Crippen LogP contribution in [0.25, 0.3) is 10.9 Å². The smallest absolute Gasteiger partial charge is 0.268 e. The van der Waals surface area contributed by atoms with E-state index in [9.17, 15) is 9.59 Å². The monoisotopic (exact) mass is 285 g/mol. The molecule has 3 N–H and O–H groups in total. The molecular formula is C16H19N3O2. The Morgan fingerprint density at radius 2 is 2.14 bits per heavy atom. The van der Waals surface area contributed by atoms with Gasteiger partial charge in [-0.2, -0.15) is 0 Å². The van der Waals surface area contributed by atoms with Crippen molar-refractivity contribution in [2.45, 2.75) is 32.6 Å². The number of hydrogen-bond donors (Lipinski definition) is 2. The molecule has 21 heavy (non-hydrogen) atoms. The van der Waals surface area contributed by atoms with Gasteiger partial charge in [0.2, 0.25) is 0 Å². The van der Waals surface area contributed by atoms with Gasteiger partial charge in [0, 0.05) is 23.9 Å². The summed E-state index contributed by atoms with van der Waals surface area (Å²) in [5.41, 5.74) is 6.73. The second-order valence-electron chi connectivity index (χ2n) is 6.20. The Labute approximate surface area is 122 Å². The Kier molecular flexibility index (Phi) is 3.27. The molecule has 1 fully saturated rings. The van der Waals surface area contributed by atoms with Gasteiger partial charge in [0.25, 0.3) is 5.91 Å². The summed E-state index contributed by atoms with van der Waals surface area (Å²) in [5.74, 6) is 0.900. The van der Waals surface area contributed by atoms with Crippen LogP contribution in [0.5, 0.6) is 0 Å². The summed E-state index contributed by atoms with van der Waals surface area (Å²) in [7, 11) is 0. The highest BCUT2D eigenvalue weighted by atomic mass is 16.1. The van der Waals surface area contributed by atoms with Crippen LogP contribution in [-0.2, 0) is 0 Å². The molecule has 3 rings (SSSR count). The van der Waals surface area contributed by atoms with Crippen LogP contribution in [0.1, 0.15) is 48.8 Å². The minimum absolute atomic E-state index is 0.0353. The fraction of sp³-hybridized carbons (Fsp3) is 0.438. The molecule has 0 aliphatic heterocycles. The minimum atomic E-state index is -0.679. The third-order valence-corrected chi connectivity index (χ3v) is 4.51. The molecule has 3 atom stereocenters. The third-order valence-electron chi connectivity index (χ3n) is 4.51. The van der Waals surface area contributed by atoms with E-state index in [2.05, 4.69) is 23.8 Å². The average Bonchev–Trinajstić information content (AvgIpc) is 2.76. The van der Waals surface area contributed by atoms with Gasteiger partial charge >= 0.3 is 0 Å². The summed E-state index contributed by atoms with van der Waals surface area (Å²) in [6.45, 7) is 4.46. The van der Waals surface area contributed by atoms with E-state index in [1.165, 1.54) is 12.6 Å². The van der Waals surface area contributed by atoms with Crippen molar-refractivity contribution >= 4 is 16.8 Å². The lowest BCUT2D eigenvalue weighted by Gasteiger charge is -2.16. The predicted molar refractivity (Wildman–Crippen MR) is 81.2 cm³/mol. The van der Waals surface area contributed by atoms with E-state index in [1.54, 1.807) is 12.1 Å². The van der Waals surface area contributed by atoms with E-state index in [0.29, 0.717) is 23.3 Å². The van der Waals surface area contributed by atoms with Gasteiger partial charge in [-0.15, -0.1) is 0 Å². The maximum Gasteiger partial charge on any atom is 0.268 e. The average molecular weight is 285 g/mol. The summed E-state index contributed by atoms with van der Waals surface area (Å²) >= 11 is 0. The van der Waals surface area contributed by atoms with E-state index in [0.717, 1.165) is 12.1 Å². The van der Waals surface area contributed by atoms with E-state index < -0.39 is 5.91 Å². The van der Waals surface area contributed by atoms with Crippen LogP contribution in [0, 0.1) is 11.8 Å². The second kappa shape index (κ2) is 4.98. The van der Waals surface area contributed by atoms with Crippen molar-refractivity contribution in [2.75, 3.05) is 0 Å². The SMILES string of the molecule is CC1CC(C)C(c2cc(=O)c3c(C(N)=O)nccc3[nH]2)C1. The van der Waals surface area contributed by atoms with Crippen LogP contribution in [-0.4, -0.2) is 15.9 Å². The van der Waals surface area contributed by atoms with Crippen LogP contribution in [0.2, 0.25) is 0 Å². The summed E-state index contributed by atoms with van der Waals surface area (Å²) in [6.07, 6.45) is 3.76. The van der Waals surface area contributed by atoms with Crippen molar-refractivity contribution in [1.29, 1.82) is 0 Å². The number of fused-ring (bicyclic) bond motifs is 1. The first-order valence-electron chi connectivity index (χ1n) is 7.29. The number of carbonyl (C=O) groups is 1. The fourth-order valence-corrected chi connectivity index (χ4v) is 3.60. The summed E-state index contributed by atoms with van der Waals surface area (Å²) in [6, 6.07) is 3.32. The van der Waals surface area contributed by atoms with E-state index in [4.69, 9.17) is 5.73 Å². The van der Waals surface area contributed by atoms with E-state index >= 15 is 0 Å². The topological polar surface area (TPSA) is 88.8 Å². The van der Waals surface area contributed by atoms with Gasteiger partial charge in [-0.3, -0.25) is 14.6 Å². The number of pyridine rings is 2. The predicted octanol–water partition coefficient (Wildman–Crippen LogP) is 2.17. The van der Waals surface area contributed by atoms with E-state index in [1.807, 2.05) is 0 Å². The lowest BCUT2D eigenvalue weighted by molar-refractivity contribution is 0.0997. The van der Waals surface area contributed by atoms with Crippen LogP contribution < -0.4 is 11.2 Å². The first-order chi connectivity index (χ1) is 9.97. The highest BCUT2D eigenvalue weighted by molar-refractivity contribution is 6.03. The lowest BCUT2D eigenvalue weighted by atomic mass is 9.93. The fourth-order valence-electron chi connectivity index (χ4n) is 3.60. The van der Waals surface area contributed by atoms with Crippen molar-refractivity contribution in [1.82, 2.24) is 9.97 Å².